The molecule has 2 heterocycles. The third-order valence-corrected chi connectivity index (χ3v) is 10.5. The molecule has 0 aromatic heterocycles. The molecule has 2 heteroatoms. The van der Waals surface area contributed by atoms with Crippen LogP contribution in [0.5, 0.6) is 0 Å². The molecule has 216 valence electrons. The fraction of sp³-hybridized carbons (Fsp3) is 0.190. The van der Waals surface area contributed by atoms with E-state index >= 15 is 0 Å². The summed E-state index contributed by atoms with van der Waals surface area (Å²) in [4.78, 5) is 4.88. The molecule has 2 aliphatic rings. The summed E-state index contributed by atoms with van der Waals surface area (Å²) < 4.78 is 0. The lowest BCUT2D eigenvalue weighted by atomic mass is 9.82. The van der Waals surface area contributed by atoms with Gasteiger partial charge in [-0.25, -0.2) is 0 Å². The lowest BCUT2D eigenvalue weighted by Crippen LogP contribution is -2.25. The zero-order valence-electron chi connectivity index (χ0n) is 26.1. The van der Waals surface area contributed by atoms with Crippen LogP contribution in [-0.2, 0) is 23.9 Å². The topological polar surface area (TPSA) is 6.48 Å². The van der Waals surface area contributed by atoms with Crippen LogP contribution in [0.25, 0.3) is 32.3 Å². The Morgan fingerprint density at radius 3 is 1.27 bits per heavy atom. The van der Waals surface area contributed by atoms with E-state index in [1.165, 1.54) is 65.9 Å². The Labute approximate surface area is 260 Å². The summed E-state index contributed by atoms with van der Waals surface area (Å²) in [7, 11) is 0. The Morgan fingerprint density at radius 2 is 0.841 bits per heavy atom. The van der Waals surface area contributed by atoms with Crippen LogP contribution in [0.1, 0.15) is 49.9 Å². The first kappa shape index (κ1) is 26.8. The summed E-state index contributed by atoms with van der Waals surface area (Å²) >= 11 is 0. The minimum atomic E-state index is -0.146. The summed E-state index contributed by atoms with van der Waals surface area (Å²) in [6.07, 6.45) is 0. The van der Waals surface area contributed by atoms with Crippen molar-refractivity contribution in [3.8, 4) is 0 Å². The van der Waals surface area contributed by atoms with E-state index in [-0.39, 0.29) is 10.8 Å². The number of rotatable bonds is 4. The first-order chi connectivity index (χ1) is 21.2. The average Bonchev–Trinajstić information content (AvgIpc) is 3.35. The van der Waals surface area contributed by atoms with Crippen LogP contribution in [0.4, 0.5) is 11.4 Å². The lowest BCUT2D eigenvalue weighted by Gasteiger charge is -2.27. The molecular weight excluding hydrogens is 532 g/mol. The Morgan fingerprint density at radius 1 is 0.455 bits per heavy atom. The second-order valence-electron chi connectivity index (χ2n) is 13.6. The van der Waals surface area contributed by atoms with Crippen molar-refractivity contribution >= 4 is 43.7 Å². The maximum absolute atomic E-state index is 4.65. The molecule has 2 nitrogen and oxygen atoms in total. The Balaban J connectivity index is 1.19. The highest BCUT2D eigenvalue weighted by Gasteiger charge is 2.41. The van der Waals surface area contributed by atoms with Gasteiger partial charge in [0.05, 0.1) is 0 Å². The van der Waals surface area contributed by atoms with Gasteiger partial charge in [-0.05, 0) is 66.7 Å². The van der Waals surface area contributed by atoms with Crippen LogP contribution in [0.2, 0.25) is 0 Å². The Kier molecular flexibility index (Phi) is 5.68. The van der Waals surface area contributed by atoms with Crippen molar-refractivity contribution in [2.45, 2.75) is 51.6 Å². The highest BCUT2D eigenvalue weighted by molar-refractivity contribution is 5.97. The van der Waals surface area contributed by atoms with E-state index in [4.69, 9.17) is 0 Å². The SMILES string of the molecule is C=C1N(Cc2cccc3c(CN4C(=C)C(C)(C)c5c4ccc4ccccc54)cccc23)c2ccc3ccccc3c2C1(C)C. The monoisotopic (exact) mass is 570 g/mol. The molecule has 0 radical (unpaired) electrons. The van der Waals surface area contributed by atoms with Crippen LogP contribution >= 0.6 is 0 Å². The largest absolute Gasteiger partial charge is 0.340 e. The molecule has 0 aliphatic carbocycles. The number of allylic oxidation sites excluding steroid dienone is 2. The van der Waals surface area contributed by atoms with Crippen LogP contribution in [0.15, 0.2) is 134 Å². The smallest absolute Gasteiger partial charge is 0.0484 e. The van der Waals surface area contributed by atoms with E-state index in [1.54, 1.807) is 0 Å². The van der Waals surface area contributed by atoms with Crippen molar-refractivity contribution in [1.82, 2.24) is 0 Å². The number of hydrogen-bond acceptors (Lipinski definition) is 2. The number of benzene rings is 6. The van der Waals surface area contributed by atoms with Crippen molar-refractivity contribution in [3.05, 3.63) is 156 Å². The summed E-state index contributed by atoms with van der Waals surface area (Å²) in [6, 6.07) is 40.1. The van der Waals surface area contributed by atoms with Crippen molar-refractivity contribution < 1.29 is 0 Å². The fourth-order valence-electron chi connectivity index (χ4n) is 7.96. The molecule has 44 heavy (non-hydrogen) atoms. The van der Waals surface area contributed by atoms with Crippen LogP contribution in [-0.4, -0.2) is 0 Å². The molecule has 0 unspecified atom stereocenters. The minimum Gasteiger partial charge on any atom is -0.340 e. The molecule has 0 saturated heterocycles. The minimum absolute atomic E-state index is 0.146. The first-order valence-corrected chi connectivity index (χ1v) is 15.7. The second kappa shape index (κ2) is 9.34. The van der Waals surface area contributed by atoms with E-state index in [0.717, 1.165) is 24.5 Å². The summed E-state index contributed by atoms with van der Waals surface area (Å²) in [5.74, 6) is 0. The van der Waals surface area contributed by atoms with Gasteiger partial charge in [0.15, 0.2) is 0 Å². The summed E-state index contributed by atoms with van der Waals surface area (Å²) in [5, 5.41) is 7.80. The Bertz CT molecular complexity index is 2020. The Hall–Kier alpha value is -4.82. The highest BCUT2D eigenvalue weighted by atomic mass is 15.2. The molecule has 0 saturated carbocycles. The summed E-state index contributed by atoms with van der Waals surface area (Å²) in [5.41, 5.74) is 9.93. The predicted octanol–water partition coefficient (Wildman–Crippen LogP) is 10.8. The third kappa shape index (κ3) is 3.67. The molecular formula is C42H38N2. The van der Waals surface area contributed by atoms with Gasteiger partial charge in [0, 0.05) is 46.7 Å². The van der Waals surface area contributed by atoms with Crippen LogP contribution in [0, 0.1) is 0 Å². The van der Waals surface area contributed by atoms with Gasteiger partial charge in [-0.3, -0.25) is 0 Å². The molecule has 0 amide bonds. The molecule has 0 bridgehead atoms. The zero-order chi connectivity index (χ0) is 30.4. The molecule has 2 aliphatic heterocycles. The second-order valence-corrected chi connectivity index (χ2v) is 13.6. The fourth-order valence-corrected chi connectivity index (χ4v) is 7.96. The predicted molar refractivity (Wildman–Crippen MR) is 189 cm³/mol. The van der Waals surface area contributed by atoms with Gasteiger partial charge in [0.2, 0.25) is 0 Å². The van der Waals surface area contributed by atoms with Gasteiger partial charge < -0.3 is 9.80 Å². The van der Waals surface area contributed by atoms with Gasteiger partial charge in [-0.1, -0.05) is 138 Å². The van der Waals surface area contributed by atoms with E-state index < -0.39 is 0 Å². The van der Waals surface area contributed by atoms with Crippen molar-refractivity contribution in [3.63, 3.8) is 0 Å². The molecule has 0 atom stereocenters. The molecule has 0 fully saturated rings. The van der Waals surface area contributed by atoms with Gasteiger partial charge in [-0.2, -0.15) is 0 Å². The van der Waals surface area contributed by atoms with Gasteiger partial charge in [0.25, 0.3) is 0 Å². The number of nitrogens with zero attached hydrogens (tertiary/aromatic N) is 2. The van der Waals surface area contributed by atoms with E-state index in [9.17, 15) is 0 Å². The van der Waals surface area contributed by atoms with Crippen LogP contribution < -0.4 is 9.80 Å². The van der Waals surface area contributed by atoms with Gasteiger partial charge in [-0.15, -0.1) is 0 Å². The first-order valence-electron chi connectivity index (χ1n) is 15.7. The molecule has 6 aromatic carbocycles. The molecule has 8 rings (SSSR count). The third-order valence-electron chi connectivity index (χ3n) is 10.5. The van der Waals surface area contributed by atoms with E-state index in [2.05, 4.69) is 160 Å². The maximum atomic E-state index is 4.65. The molecule has 0 spiro atoms. The number of hydrogen-bond donors (Lipinski definition) is 0. The standard InChI is InChI=1S/C42H38N2/c1-27-41(3,4)39-35-17-9-7-13-29(35)21-23-37(39)43(27)25-31-15-11-20-34-32(16-12-19-33(31)34)26-44-28(2)42(5,6)40-36-18-10-8-14-30(36)22-24-38(40)44/h7-24H,1-2,25-26H2,3-6H3. The lowest BCUT2D eigenvalue weighted by molar-refractivity contribution is 0.637. The van der Waals surface area contributed by atoms with E-state index in [1.807, 2.05) is 0 Å². The normalized spacial score (nSPS) is 16.7. The zero-order valence-corrected chi connectivity index (χ0v) is 26.1. The quantitative estimate of drug-likeness (QED) is 0.208. The van der Waals surface area contributed by atoms with E-state index in [0.29, 0.717) is 0 Å². The van der Waals surface area contributed by atoms with Crippen molar-refractivity contribution in [2.24, 2.45) is 0 Å². The summed E-state index contributed by atoms with van der Waals surface area (Å²) in [6.45, 7) is 20.1. The maximum Gasteiger partial charge on any atom is 0.0484 e. The van der Waals surface area contributed by atoms with Crippen molar-refractivity contribution in [2.75, 3.05) is 9.80 Å². The van der Waals surface area contributed by atoms with Gasteiger partial charge >= 0.3 is 0 Å². The number of fused-ring (bicyclic) bond motifs is 7. The molecule has 0 N–H and O–H groups in total. The van der Waals surface area contributed by atoms with Gasteiger partial charge in [0.1, 0.15) is 0 Å². The van der Waals surface area contributed by atoms with Crippen LogP contribution in [0.3, 0.4) is 0 Å². The number of anilines is 2. The average molecular weight is 571 g/mol. The van der Waals surface area contributed by atoms with Crippen molar-refractivity contribution in [1.29, 1.82) is 0 Å². The molecule has 6 aromatic rings. The highest BCUT2D eigenvalue weighted by Crippen LogP contribution is 2.52.